The Hall–Kier alpha value is -2.65. The summed E-state index contributed by atoms with van der Waals surface area (Å²) < 4.78 is 0. The van der Waals surface area contributed by atoms with Crippen molar-refractivity contribution in [2.24, 2.45) is 11.8 Å². The molecule has 0 spiro atoms. The molecule has 0 unspecified atom stereocenters. The van der Waals surface area contributed by atoms with Crippen LogP contribution in [0.25, 0.3) is 0 Å². The van der Waals surface area contributed by atoms with E-state index in [0.29, 0.717) is 24.9 Å². The molecule has 0 aliphatic carbocycles. The van der Waals surface area contributed by atoms with Crippen LogP contribution in [0.3, 0.4) is 0 Å². The number of hydrogen-bond acceptors (Lipinski definition) is 8. The molecule has 0 saturated carbocycles. The van der Waals surface area contributed by atoms with Gasteiger partial charge in [0.05, 0.1) is 4.92 Å². The molecule has 126 valence electrons. The molecular formula is C13H20N6O4. The van der Waals surface area contributed by atoms with E-state index in [1.165, 1.54) is 0 Å². The van der Waals surface area contributed by atoms with E-state index < -0.39 is 17.4 Å². The van der Waals surface area contributed by atoms with Crippen LogP contribution in [0.4, 0.5) is 23.3 Å². The van der Waals surface area contributed by atoms with Crippen molar-refractivity contribution in [3.8, 4) is 0 Å². The summed E-state index contributed by atoms with van der Waals surface area (Å²) in [5.41, 5.74) is 5.36. The Balaban J connectivity index is 2.41. The largest absolute Gasteiger partial charge is 0.480 e. The highest BCUT2D eigenvalue weighted by atomic mass is 16.6. The van der Waals surface area contributed by atoms with Crippen LogP contribution in [-0.4, -0.2) is 45.6 Å². The Morgan fingerprint density at radius 1 is 1.43 bits per heavy atom. The molecule has 1 aliphatic rings. The fourth-order valence-electron chi connectivity index (χ4n) is 2.93. The Labute approximate surface area is 132 Å². The number of aliphatic carboxylic acids is 1. The molecule has 2 heterocycles. The minimum absolute atomic E-state index is 0.0311. The van der Waals surface area contributed by atoms with E-state index in [9.17, 15) is 14.9 Å². The van der Waals surface area contributed by atoms with Gasteiger partial charge in [-0.3, -0.25) is 14.9 Å². The number of rotatable bonds is 5. The lowest BCUT2D eigenvalue weighted by Crippen LogP contribution is -2.39. The van der Waals surface area contributed by atoms with Gasteiger partial charge in [0.2, 0.25) is 17.6 Å². The van der Waals surface area contributed by atoms with Crippen LogP contribution in [0.15, 0.2) is 0 Å². The summed E-state index contributed by atoms with van der Waals surface area (Å²) in [5, 5.41) is 22.5. The predicted octanol–water partition coefficient (Wildman–Crippen LogP) is 0.946. The van der Waals surface area contributed by atoms with Crippen molar-refractivity contribution in [1.82, 2.24) is 9.97 Å². The summed E-state index contributed by atoms with van der Waals surface area (Å²) in [5.74, 6) is -0.536. The molecule has 0 radical (unpaired) electrons. The van der Waals surface area contributed by atoms with E-state index in [2.05, 4.69) is 29.1 Å². The third kappa shape index (κ3) is 3.96. The average Bonchev–Trinajstić information content (AvgIpc) is 2.42. The number of piperidine rings is 1. The zero-order valence-electron chi connectivity index (χ0n) is 13.0. The Morgan fingerprint density at radius 3 is 2.57 bits per heavy atom. The lowest BCUT2D eigenvalue weighted by molar-refractivity contribution is -0.383. The number of nitrogens with two attached hydrogens (primary N) is 1. The fraction of sp³-hybridized carbons (Fsp3) is 0.615. The van der Waals surface area contributed by atoms with Gasteiger partial charge in [-0.25, -0.2) is 0 Å². The molecule has 1 aliphatic heterocycles. The molecule has 10 heteroatoms. The summed E-state index contributed by atoms with van der Waals surface area (Å²) in [7, 11) is 0. The predicted molar refractivity (Wildman–Crippen MR) is 84.4 cm³/mol. The molecule has 4 N–H and O–H groups in total. The number of hydrogen-bond donors (Lipinski definition) is 3. The minimum Gasteiger partial charge on any atom is -0.480 e. The van der Waals surface area contributed by atoms with Gasteiger partial charge in [-0.15, -0.1) is 0 Å². The van der Waals surface area contributed by atoms with E-state index in [4.69, 9.17) is 10.8 Å². The van der Waals surface area contributed by atoms with Crippen LogP contribution in [0.5, 0.6) is 0 Å². The highest BCUT2D eigenvalue weighted by Crippen LogP contribution is 2.35. The first-order valence-corrected chi connectivity index (χ1v) is 7.30. The van der Waals surface area contributed by atoms with E-state index in [1.807, 2.05) is 4.90 Å². The van der Waals surface area contributed by atoms with Crippen LogP contribution >= 0.6 is 0 Å². The normalized spacial score (nSPS) is 21.0. The molecule has 1 aromatic heterocycles. The first kappa shape index (κ1) is 16.7. The van der Waals surface area contributed by atoms with Crippen molar-refractivity contribution in [2.75, 3.05) is 35.6 Å². The van der Waals surface area contributed by atoms with Crippen LogP contribution in [0, 0.1) is 22.0 Å². The molecule has 1 fully saturated rings. The summed E-state index contributed by atoms with van der Waals surface area (Å²) in [6.07, 6.45) is 1.04. The van der Waals surface area contributed by atoms with Crippen LogP contribution in [0.2, 0.25) is 0 Å². The number of nitro groups is 1. The smallest absolute Gasteiger partial charge is 0.353 e. The highest BCUT2D eigenvalue weighted by Gasteiger charge is 2.31. The van der Waals surface area contributed by atoms with Gasteiger partial charge in [0.1, 0.15) is 6.54 Å². The number of anilines is 3. The number of carboxylic acids is 1. The maximum atomic E-state index is 11.3. The molecule has 0 bridgehead atoms. The molecule has 10 nitrogen and oxygen atoms in total. The number of carboxylic acid groups (broad SMARTS) is 1. The molecule has 2 rings (SSSR count). The van der Waals surface area contributed by atoms with E-state index in [1.54, 1.807) is 0 Å². The van der Waals surface area contributed by atoms with Crippen molar-refractivity contribution < 1.29 is 14.8 Å². The Kier molecular flexibility index (Phi) is 4.82. The number of nitrogen functional groups attached to an aromatic ring is 1. The summed E-state index contributed by atoms with van der Waals surface area (Å²) >= 11 is 0. The molecule has 23 heavy (non-hydrogen) atoms. The van der Waals surface area contributed by atoms with Gasteiger partial charge in [-0.05, 0) is 18.3 Å². The Morgan fingerprint density at radius 2 is 2.04 bits per heavy atom. The fourth-order valence-corrected chi connectivity index (χ4v) is 2.93. The summed E-state index contributed by atoms with van der Waals surface area (Å²) in [6, 6.07) is 0. The second kappa shape index (κ2) is 6.63. The minimum atomic E-state index is -1.09. The van der Waals surface area contributed by atoms with Gasteiger partial charge in [0.25, 0.3) is 0 Å². The summed E-state index contributed by atoms with van der Waals surface area (Å²) in [6.45, 7) is 4.99. The lowest BCUT2D eigenvalue weighted by Gasteiger charge is -2.35. The van der Waals surface area contributed by atoms with Crippen molar-refractivity contribution in [1.29, 1.82) is 0 Å². The zero-order chi connectivity index (χ0) is 17.1. The maximum absolute atomic E-state index is 11.3. The third-order valence-corrected chi connectivity index (χ3v) is 3.64. The van der Waals surface area contributed by atoms with Crippen molar-refractivity contribution in [2.45, 2.75) is 20.3 Å². The first-order chi connectivity index (χ1) is 10.8. The molecular weight excluding hydrogens is 304 g/mol. The molecule has 1 aromatic rings. The van der Waals surface area contributed by atoms with E-state index >= 15 is 0 Å². The highest BCUT2D eigenvalue weighted by molar-refractivity contribution is 5.74. The number of carbonyl (C=O) groups is 1. The van der Waals surface area contributed by atoms with Crippen molar-refractivity contribution in [3.05, 3.63) is 10.1 Å². The number of nitrogens with one attached hydrogen (secondary N) is 1. The quantitative estimate of drug-likeness (QED) is 0.531. The molecule has 0 aromatic carbocycles. The molecule has 1 saturated heterocycles. The average molecular weight is 324 g/mol. The number of nitrogens with zero attached hydrogens (tertiary/aromatic N) is 4. The topological polar surface area (TPSA) is 148 Å². The van der Waals surface area contributed by atoms with Gasteiger partial charge >= 0.3 is 11.7 Å². The second-order valence-corrected chi connectivity index (χ2v) is 5.96. The van der Waals surface area contributed by atoms with Crippen LogP contribution in [-0.2, 0) is 4.79 Å². The van der Waals surface area contributed by atoms with Gasteiger partial charge in [-0.2, -0.15) is 9.97 Å². The van der Waals surface area contributed by atoms with Crippen molar-refractivity contribution >= 4 is 29.2 Å². The monoisotopic (exact) mass is 324 g/mol. The van der Waals surface area contributed by atoms with Gasteiger partial charge in [0, 0.05) is 13.1 Å². The SMILES string of the molecule is C[C@@H]1C[C@@H](C)CN(c2nc(NCC(=O)O)nc(N)c2[N+](=O)[O-])C1. The number of aromatic nitrogens is 2. The zero-order valence-corrected chi connectivity index (χ0v) is 13.0. The van der Waals surface area contributed by atoms with Gasteiger partial charge in [0.15, 0.2) is 0 Å². The molecule has 2 atom stereocenters. The maximum Gasteiger partial charge on any atom is 0.353 e. The van der Waals surface area contributed by atoms with Crippen LogP contribution in [0.1, 0.15) is 20.3 Å². The van der Waals surface area contributed by atoms with E-state index in [0.717, 1.165) is 6.42 Å². The van der Waals surface area contributed by atoms with E-state index in [-0.39, 0.29) is 23.3 Å². The lowest BCUT2D eigenvalue weighted by atomic mass is 9.92. The molecule has 0 amide bonds. The van der Waals surface area contributed by atoms with Crippen molar-refractivity contribution in [3.63, 3.8) is 0 Å². The third-order valence-electron chi connectivity index (χ3n) is 3.64. The Bertz CT molecular complexity index is 613. The van der Waals surface area contributed by atoms with Gasteiger partial charge < -0.3 is 21.1 Å². The summed E-state index contributed by atoms with van der Waals surface area (Å²) in [4.78, 5) is 31.1. The first-order valence-electron chi connectivity index (χ1n) is 7.30. The standard InChI is InChI=1S/C13H20N6O4/c1-7-3-8(2)6-18(5-7)12-10(19(22)23)11(14)16-13(17-12)15-4-9(20)21/h7-8H,3-6H2,1-2H3,(H,20,21)(H3,14,15,16,17)/t7-,8-/m1/s1. The van der Waals surface area contributed by atoms with Gasteiger partial charge in [-0.1, -0.05) is 13.8 Å². The second-order valence-electron chi connectivity index (χ2n) is 5.96. The van der Waals surface area contributed by atoms with Crippen LogP contribution < -0.4 is 16.0 Å².